The van der Waals surface area contributed by atoms with E-state index in [4.69, 9.17) is 0 Å². The van der Waals surface area contributed by atoms with Crippen LogP contribution in [0, 0.1) is 11.7 Å². The molecule has 1 unspecified atom stereocenters. The lowest BCUT2D eigenvalue weighted by atomic mass is 10.1. The highest BCUT2D eigenvalue weighted by Crippen LogP contribution is 2.17. The van der Waals surface area contributed by atoms with Crippen molar-refractivity contribution in [2.75, 3.05) is 51.2 Å². The largest absolute Gasteiger partial charge is 0.369 e. The zero-order chi connectivity index (χ0) is 13.7. The Kier molecular flexibility index (Phi) is 5.16. The van der Waals surface area contributed by atoms with Gasteiger partial charge in [-0.2, -0.15) is 0 Å². The monoisotopic (exact) mass is 265 g/mol. The van der Waals surface area contributed by atoms with E-state index in [1.807, 2.05) is 19.2 Å². The molecule has 1 aromatic rings. The van der Waals surface area contributed by atoms with E-state index in [1.54, 1.807) is 0 Å². The average Bonchev–Trinajstić information content (AvgIpc) is 2.41. The molecule has 0 bridgehead atoms. The van der Waals surface area contributed by atoms with Gasteiger partial charge in [0.05, 0.1) is 0 Å². The van der Waals surface area contributed by atoms with Crippen LogP contribution in [0.3, 0.4) is 0 Å². The molecule has 1 fully saturated rings. The standard InChI is InChI=1S/C15H24FN3/c1-13(11-17-2)12-18-7-9-19(10-8-18)15-5-3-14(16)4-6-15/h3-6,13,17H,7-12H2,1-2H3. The summed E-state index contributed by atoms with van der Waals surface area (Å²) in [6, 6.07) is 6.82. The van der Waals surface area contributed by atoms with E-state index in [2.05, 4.69) is 22.0 Å². The second-order valence-corrected chi connectivity index (χ2v) is 5.43. The second-order valence-electron chi connectivity index (χ2n) is 5.43. The van der Waals surface area contributed by atoms with E-state index in [0.29, 0.717) is 5.92 Å². The summed E-state index contributed by atoms with van der Waals surface area (Å²) in [5.41, 5.74) is 1.13. The van der Waals surface area contributed by atoms with Gasteiger partial charge in [0.15, 0.2) is 0 Å². The zero-order valence-electron chi connectivity index (χ0n) is 11.9. The van der Waals surface area contributed by atoms with Crippen LogP contribution in [0.2, 0.25) is 0 Å². The molecule has 0 spiro atoms. The van der Waals surface area contributed by atoms with Gasteiger partial charge in [0, 0.05) is 38.4 Å². The second kappa shape index (κ2) is 6.87. The highest BCUT2D eigenvalue weighted by atomic mass is 19.1. The molecule has 1 aliphatic heterocycles. The van der Waals surface area contributed by atoms with E-state index in [9.17, 15) is 4.39 Å². The minimum atomic E-state index is -0.164. The smallest absolute Gasteiger partial charge is 0.123 e. The maximum atomic E-state index is 12.9. The molecule has 1 atom stereocenters. The molecular weight excluding hydrogens is 241 g/mol. The van der Waals surface area contributed by atoms with Gasteiger partial charge < -0.3 is 10.2 Å². The topological polar surface area (TPSA) is 18.5 Å². The SMILES string of the molecule is CNCC(C)CN1CCN(c2ccc(F)cc2)CC1. The normalized spacial score (nSPS) is 18.6. The average molecular weight is 265 g/mol. The summed E-state index contributed by atoms with van der Waals surface area (Å²) >= 11 is 0. The summed E-state index contributed by atoms with van der Waals surface area (Å²) in [6.45, 7) is 8.73. The van der Waals surface area contributed by atoms with Gasteiger partial charge in [0.2, 0.25) is 0 Å². The van der Waals surface area contributed by atoms with Crippen LogP contribution < -0.4 is 10.2 Å². The fraction of sp³-hybridized carbons (Fsp3) is 0.600. The zero-order valence-corrected chi connectivity index (χ0v) is 11.9. The van der Waals surface area contributed by atoms with Gasteiger partial charge in [-0.25, -0.2) is 4.39 Å². The van der Waals surface area contributed by atoms with Crippen molar-refractivity contribution in [2.24, 2.45) is 5.92 Å². The Morgan fingerprint density at radius 3 is 2.37 bits per heavy atom. The number of nitrogens with zero attached hydrogens (tertiary/aromatic N) is 2. The molecule has 1 heterocycles. The Balaban J connectivity index is 1.80. The van der Waals surface area contributed by atoms with Crippen molar-refractivity contribution in [2.45, 2.75) is 6.92 Å². The van der Waals surface area contributed by atoms with Crippen LogP contribution in [0.4, 0.5) is 10.1 Å². The Hall–Kier alpha value is -1.13. The van der Waals surface area contributed by atoms with Gasteiger partial charge in [0.25, 0.3) is 0 Å². The first kappa shape index (κ1) is 14.3. The highest BCUT2D eigenvalue weighted by molar-refractivity contribution is 5.46. The van der Waals surface area contributed by atoms with Crippen molar-refractivity contribution in [3.8, 4) is 0 Å². The minimum absolute atomic E-state index is 0.164. The Labute approximate surface area is 115 Å². The number of hydrogen-bond donors (Lipinski definition) is 1. The van der Waals surface area contributed by atoms with Crippen LogP contribution in [0.25, 0.3) is 0 Å². The molecule has 4 heteroatoms. The van der Waals surface area contributed by atoms with Gasteiger partial charge in [-0.3, -0.25) is 4.90 Å². The molecule has 1 N–H and O–H groups in total. The van der Waals surface area contributed by atoms with Crippen molar-refractivity contribution in [1.29, 1.82) is 0 Å². The Bertz CT molecular complexity index is 371. The molecule has 0 amide bonds. The summed E-state index contributed by atoms with van der Waals surface area (Å²) in [7, 11) is 2.00. The van der Waals surface area contributed by atoms with E-state index in [1.165, 1.54) is 12.1 Å². The van der Waals surface area contributed by atoms with Crippen molar-refractivity contribution in [1.82, 2.24) is 10.2 Å². The van der Waals surface area contributed by atoms with Crippen molar-refractivity contribution in [3.63, 3.8) is 0 Å². The maximum Gasteiger partial charge on any atom is 0.123 e. The van der Waals surface area contributed by atoms with Crippen LogP contribution in [-0.4, -0.2) is 51.2 Å². The summed E-state index contributed by atoms with van der Waals surface area (Å²) in [6.07, 6.45) is 0. The number of anilines is 1. The fourth-order valence-corrected chi connectivity index (χ4v) is 2.69. The molecule has 0 aromatic heterocycles. The number of rotatable bonds is 5. The Morgan fingerprint density at radius 2 is 1.79 bits per heavy atom. The fourth-order valence-electron chi connectivity index (χ4n) is 2.69. The minimum Gasteiger partial charge on any atom is -0.369 e. The lowest BCUT2D eigenvalue weighted by Crippen LogP contribution is -2.48. The van der Waals surface area contributed by atoms with E-state index < -0.39 is 0 Å². The Morgan fingerprint density at radius 1 is 1.16 bits per heavy atom. The highest BCUT2D eigenvalue weighted by Gasteiger charge is 2.18. The van der Waals surface area contributed by atoms with E-state index >= 15 is 0 Å². The van der Waals surface area contributed by atoms with Gasteiger partial charge in [-0.05, 0) is 43.8 Å². The van der Waals surface area contributed by atoms with Crippen LogP contribution in [0.15, 0.2) is 24.3 Å². The van der Waals surface area contributed by atoms with Gasteiger partial charge in [-0.1, -0.05) is 6.92 Å². The third kappa shape index (κ3) is 4.18. The molecule has 1 aromatic carbocycles. The molecule has 0 aliphatic carbocycles. The number of hydrogen-bond acceptors (Lipinski definition) is 3. The molecule has 1 saturated heterocycles. The third-order valence-corrected chi connectivity index (χ3v) is 3.69. The summed E-state index contributed by atoms with van der Waals surface area (Å²) < 4.78 is 12.9. The molecule has 106 valence electrons. The summed E-state index contributed by atoms with van der Waals surface area (Å²) in [4.78, 5) is 4.85. The maximum absolute atomic E-state index is 12.9. The number of halogens is 1. The van der Waals surface area contributed by atoms with Gasteiger partial charge in [-0.15, -0.1) is 0 Å². The number of benzene rings is 1. The molecule has 1 aliphatic rings. The third-order valence-electron chi connectivity index (χ3n) is 3.69. The molecule has 0 radical (unpaired) electrons. The molecule has 2 rings (SSSR count). The van der Waals surface area contributed by atoms with Crippen LogP contribution in [0.1, 0.15) is 6.92 Å². The summed E-state index contributed by atoms with van der Waals surface area (Å²) in [5.74, 6) is 0.519. The van der Waals surface area contributed by atoms with Crippen molar-refractivity contribution >= 4 is 5.69 Å². The number of nitrogens with one attached hydrogen (secondary N) is 1. The summed E-state index contributed by atoms with van der Waals surface area (Å²) in [5, 5.41) is 3.22. The molecule has 19 heavy (non-hydrogen) atoms. The van der Waals surface area contributed by atoms with Crippen LogP contribution in [-0.2, 0) is 0 Å². The van der Waals surface area contributed by atoms with Crippen LogP contribution >= 0.6 is 0 Å². The lowest BCUT2D eigenvalue weighted by Gasteiger charge is -2.37. The molecule has 0 saturated carbocycles. The molecular formula is C15H24FN3. The first-order chi connectivity index (χ1) is 9.19. The predicted molar refractivity (Wildman–Crippen MR) is 78.1 cm³/mol. The van der Waals surface area contributed by atoms with E-state index in [-0.39, 0.29) is 5.82 Å². The quantitative estimate of drug-likeness (QED) is 0.876. The first-order valence-corrected chi connectivity index (χ1v) is 7.06. The van der Waals surface area contributed by atoms with Crippen molar-refractivity contribution < 1.29 is 4.39 Å². The predicted octanol–water partition coefficient (Wildman–Crippen LogP) is 1.80. The van der Waals surface area contributed by atoms with E-state index in [0.717, 1.165) is 45.0 Å². The number of piperazine rings is 1. The van der Waals surface area contributed by atoms with Gasteiger partial charge >= 0.3 is 0 Å². The lowest BCUT2D eigenvalue weighted by molar-refractivity contribution is 0.224. The van der Waals surface area contributed by atoms with Crippen LogP contribution in [0.5, 0.6) is 0 Å². The molecule has 3 nitrogen and oxygen atoms in total. The first-order valence-electron chi connectivity index (χ1n) is 7.06. The van der Waals surface area contributed by atoms with Gasteiger partial charge in [0.1, 0.15) is 5.82 Å². The van der Waals surface area contributed by atoms with Crippen molar-refractivity contribution in [3.05, 3.63) is 30.1 Å².